The molecule has 192 valence electrons. The predicted molar refractivity (Wildman–Crippen MR) is 132 cm³/mol. The van der Waals surface area contributed by atoms with Crippen LogP contribution in [0.2, 0.25) is 0 Å². The second-order valence-electron chi connectivity index (χ2n) is 10.5. The van der Waals surface area contributed by atoms with E-state index in [0.29, 0.717) is 12.8 Å². The molecular formula is C28H33F2N3O3. The first kappa shape index (κ1) is 25.8. The second-order valence-corrected chi connectivity index (χ2v) is 10.5. The lowest BCUT2D eigenvalue weighted by Gasteiger charge is -2.45. The van der Waals surface area contributed by atoms with Crippen molar-refractivity contribution in [3.05, 3.63) is 70.8 Å². The van der Waals surface area contributed by atoms with Crippen LogP contribution in [0.4, 0.5) is 8.78 Å². The van der Waals surface area contributed by atoms with E-state index in [0.717, 1.165) is 29.3 Å². The van der Waals surface area contributed by atoms with E-state index in [9.17, 15) is 18.8 Å². The molecule has 2 aliphatic rings. The van der Waals surface area contributed by atoms with Gasteiger partial charge in [0.05, 0.1) is 0 Å². The number of hydrogen-bond donors (Lipinski definition) is 2. The summed E-state index contributed by atoms with van der Waals surface area (Å²) >= 11 is 0. The minimum Gasteiger partial charge on any atom is -0.352 e. The fourth-order valence-corrected chi connectivity index (χ4v) is 5.38. The van der Waals surface area contributed by atoms with Crippen LogP contribution in [0.15, 0.2) is 42.5 Å². The van der Waals surface area contributed by atoms with Crippen molar-refractivity contribution in [2.45, 2.75) is 71.1 Å². The first-order chi connectivity index (χ1) is 17.1. The van der Waals surface area contributed by atoms with E-state index in [1.54, 1.807) is 13.8 Å². The molecule has 1 aliphatic heterocycles. The van der Waals surface area contributed by atoms with E-state index in [-0.39, 0.29) is 35.8 Å². The van der Waals surface area contributed by atoms with Gasteiger partial charge >= 0.3 is 0 Å². The van der Waals surface area contributed by atoms with Crippen LogP contribution in [-0.4, -0.2) is 40.7 Å². The molecule has 3 amide bonds. The average molecular weight is 498 g/mol. The molecule has 0 radical (unpaired) electrons. The molecular weight excluding hydrogens is 464 g/mol. The van der Waals surface area contributed by atoms with E-state index >= 15 is 4.39 Å². The Hall–Kier alpha value is -3.29. The van der Waals surface area contributed by atoms with Gasteiger partial charge in [-0.05, 0) is 74.3 Å². The first-order valence-electron chi connectivity index (χ1n) is 12.5. The summed E-state index contributed by atoms with van der Waals surface area (Å²) in [6.07, 6.45) is 1.48. The van der Waals surface area contributed by atoms with Gasteiger partial charge in [-0.15, -0.1) is 0 Å². The number of piperazine rings is 1. The number of carbonyl (C=O) groups is 3. The monoisotopic (exact) mass is 497 g/mol. The van der Waals surface area contributed by atoms with Crippen LogP contribution in [0.3, 0.4) is 0 Å². The molecule has 2 N–H and O–H groups in total. The molecule has 1 fully saturated rings. The molecule has 0 bridgehead atoms. The molecule has 2 aromatic carbocycles. The van der Waals surface area contributed by atoms with Crippen molar-refractivity contribution < 1.29 is 23.2 Å². The van der Waals surface area contributed by atoms with Gasteiger partial charge in [0.2, 0.25) is 17.7 Å². The molecule has 1 heterocycles. The van der Waals surface area contributed by atoms with Crippen LogP contribution in [0.5, 0.6) is 0 Å². The second kappa shape index (κ2) is 10.4. The Kier molecular flexibility index (Phi) is 7.43. The third-order valence-corrected chi connectivity index (χ3v) is 6.92. The van der Waals surface area contributed by atoms with Crippen LogP contribution >= 0.6 is 0 Å². The van der Waals surface area contributed by atoms with Crippen LogP contribution in [0.1, 0.15) is 56.8 Å². The molecule has 0 spiro atoms. The zero-order valence-corrected chi connectivity index (χ0v) is 21.1. The Morgan fingerprint density at radius 3 is 2.28 bits per heavy atom. The van der Waals surface area contributed by atoms with Crippen molar-refractivity contribution in [3.8, 4) is 0 Å². The van der Waals surface area contributed by atoms with Crippen LogP contribution in [0.25, 0.3) is 0 Å². The van der Waals surface area contributed by atoms with Gasteiger partial charge in [-0.2, -0.15) is 0 Å². The molecule has 3 atom stereocenters. The smallest absolute Gasteiger partial charge is 0.247 e. The highest BCUT2D eigenvalue weighted by Crippen LogP contribution is 2.36. The number of amides is 3. The maximum absolute atomic E-state index is 15.1. The van der Waals surface area contributed by atoms with Crippen molar-refractivity contribution in [3.63, 3.8) is 0 Å². The van der Waals surface area contributed by atoms with E-state index in [1.165, 1.54) is 4.90 Å². The third kappa shape index (κ3) is 5.13. The molecule has 4 rings (SSSR count). The van der Waals surface area contributed by atoms with Crippen LogP contribution in [-0.2, 0) is 27.2 Å². The summed E-state index contributed by atoms with van der Waals surface area (Å²) in [5.41, 5.74) is 1.97. The lowest BCUT2D eigenvalue weighted by molar-refractivity contribution is -0.158. The number of nitrogens with one attached hydrogen (secondary N) is 2. The van der Waals surface area contributed by atoms with E-state index in [2.05, 4.69) is 10.6 Å². The van der Waals surface area contributed by atoms with Gasteiger partial charge in [0.1, 0.15) is 29.8 Å². The maximum Gasteiger partial charge on any atom is 0.247 e. The molecule has 6 nitrogen and oxygen atoms in total. The Bertz CT molecular complexity index is 1140. The van der Waals surface area contributed by atoms with Gasteiger partial charge in [-0.3, -0.25) is 14.4 Å². The summed E-state index contributed by atoms with van der Waals surface area (Å²) in [7, 11) is 0. The summed E-state index contributed by atoms with van der Waals surface area (Å²) < 4.78 is 29.4. The number of hydrogen-bond acceptors (Lipinski definition) is 3. The average Bonchev–Trinajstić information content (AvgIpc) is 3.23. The van der Waals surface area contributed by atoms with Gasteiger partial charge in [0, 0.05) is 11.6 Å². The first-order valence-corrected chi connectivity index (χ1v) is 12.5. The minimum absolute atomic E-state index is 0.00880. The minimum atomic E-state index is -1.49. The van der Waals surface area contributed by atoms with Crippen molar-refractivity contribution in [1.82, 2.24) is 15.5 Å². The lowest BCUT2D eigenvalue weighted by Crippen LogP contribution is -2.67. The zero-order chi connectivity index (χ0) is 26.1. The topological polar surface area (TPSA) is 78.5 Å². The maximum atomic E-state index is 15.1. The quantitative estimate of drug-likeness (QED) is 0.613. The molecule has 0 saturated carbocycles. The summed E-state index contributed by atoms with van der Waals surface area (Å²) in [6, 6.07) is 7.05. The molecule has 36 heavy (non-hydrogen) atoms. The molecule has 0 aromatic heterocycles. The highest BCUT2D eigenvalue weighted by molar-refractivity contribution is 6.00. The van der Waals surface area contributed by atoms with Gasteiger partial charge in [-0.1, -0.05) is 38.1 Å². The van der Waals surface area contributed by atoms with Crippen LogP contribution < -0.4 is 10.6 Å². The van der Waals surface area contributed by atoms with Crippen molar-refractivity contribution in [2.24, 2.45) is 11.8 Å². The van der Waals surface area contributed by atoms with Crippen molar-refractivity contribution in [1.29, 1.82) is 0 Å². The lowest BCUT2D eigenvalue weighted by atomic mass is 9.87. The van der Waals surface area contributed by atoms with Crippen molar-refractivity contribution in [2.75, 3.05) is 0 Å². The largest absolute Gasteiger partial charge is 0.352 e. The van der Waals surface area contributed by atoms with Gasteiger partial charge in [-0.25, -0.2) is 8.78 Å². The molecule has 1 saturated heterocycles. The summed E-state index contributed by atoms with van der Waals surface area (Å²) in [5.74, 6) is -3.23. The number of halogens is 2. The molecule has 8 heteroatoms. The Balaban J connectivity index is 1.79. The van der Waals surface area contributed by atoms with E-state index < -0.39 is 41.6 Å². The fourth-order valence-electron chi connectivity index (χ4n) is 5.38. The Morgan fingerprint density at radius 1 is 1.06 bits per heavy atom. The Morgan fingerprint density at radius 2 is 1.69 bits per heavy atom. The number of carbonyl (C=O) groups excluding carboxylic acids is 3. The number of benzene rings is 2. The highest BCUT2D eigenvalue weighted by Gasteiger charge is 2.50. The van der Waals surface area contributed by atoms with Gasteiger partial charge in [0.15, 0.2) is 0 Å². The summed E-state index contributed by atoms with van der Waals surface area (Å²) in [5, 5.41) is 5.65. The molecule has 3 unspecified atom stereocenters. The zero-order valence-electron chi connectivity index (χ0n) is 21.1. The van der Waals surface area contributed by atoms with Gasteiger partial charge in [0.25, 0.3) is 0 Å². The normalized spacial score (nSPS) is 21.1. The molecule has 2 aromatic rings. The standard InChI is InChI=1S/C28H33F2N3O3/c1-15(2)11-23-26(34)32-24(19-12-17-7-5-6-8-18(17)13-19)28(36)33(23)25(27(35)31-16(3)4)21-14-20(29)9-10-22(21)30/h5-10,14-16,19,23-25H,11-13H2,1-4H3,(H,31,35)(H,32,34). The van der Waals surface area contributed by atoms with Crippen molar-refractivity contribution >= 4 is 17.7 Å². The van der Waals surface area contributed by atoms with Crippen LogP contribution in [0, 0.1) is 23.5 Å². The number of rotatable bonds is 7. The highest BCUT2D eigenvalue weighted by atomic mass is 19.1. The Labute approximate surface area is 210 Å². The van der Waals surface area contributed by atoms with E-state index in [4.69, 9.17) is 0 Å². The predicted octanol–water partition coefficient (Wildman–Crippen LogP) is 3.69. The SMILES string of the molecule is CC(C)CC1C(=O)NC(C2Cc3ccccc3C2)C(=O)N1C(C(=O)NC(C)C)c1cc(F)ccc1F. The third-order valence-electron chi connectivity index (χ3n) is 6.92. The number of fused-ring (bicyclic) bond motifs is 1. The molecule has 1 aliphatic carbocycles. The van der Waals surface area contributed by atoms with Gasteiger partial charge < -0.3 is 15.5 Å². The summed E-state index contributed by atoms with van der Waals surface area (Å²) in [4.78, 5) is 42.3. The fraction of sp³-hybridized carbons (Fsp3) is 0.464. The van der Waals surface area contributed by atoms with E-state index in [1.807, 2.05) is 38.1 Å². The summed E-state index contributed by atoms with van der Waals surface area (Å²) in [6.45, 7) is 7.29. The number of nitrogens with zero attached hydrogens (tertiary/aromatic N) is 1.